The zero-order valence-electron chi connectivity index (χ0n) is 12.0. The van der Waals surface area contributed by atoms with Crippen molar-refractivity contribution in [3.8, 4) is 5.75 Å². The van der Waals surface area contributed by atoms with Crippen molar-refractivity contribution in [2.45, 2.75) is 58.2 Å². The van der Waals surface area contributed by atoms with Gasteiger partial charge in [0.2, 0.25) is 0 Å². The summed E-state index contributed by atoms with van der Waals surface area (Å²) in [4.78, 5) is 0. The molecule has 2 heteroatoms. The summed E-state index contributed by atoms with van der Waals surface area (Å²) in [5.74, 6) is 0.496. The van der Waals surface area contributed by atoms with Crippen molar-refractivity contribution < 1.29 is 5.11 Å². The molecule has 0 aromatic heterocycles. The Morgan fingerprint density at radius 2 is 1.24 bits per heavy atom. The molecule has 0 saturated carbocycles. The SMILES string of the molecule is CC(C)[Si](c1ccccc1O)(C(C)C)C(C)C. The smallest absolute Gasteiger partial charge is 0.114 e. The van der Waals surface area contributed by atoms with Crippen LogP contribution >= 0.6 is 0 Å². The van der Waals surface area contributed by atoms with Gasteiger partial charge in [-0.05, 0) is 27.9 Å². The van der Waals surface area contributed by atoms with E-state index in [1.165, 1.54) is 5.19 Å². The molecule has 0 atom stereocenters. The zero-order chi connectivity index (χ0) is 13.2. The third kappa shape index (κ3) is 2.28. The molecule has 0 aliphatic rings. The molecule has 0 unspecified atom stereocenters. The van der Waals surface area contributed by atoms with Gasteiger partial charge >= 0.3 is 0 Å². The Morgan fingerprint density at radius 3 is 1.59 bits per heavy atom. The molecule has 1 rings (SSSR count). The number of aromatic hydroxyl groups is 1. The topological polar surface area (TPSA) is 20.2 Å². The zero-order valence-corrected chi connectivity index (χ0v) is 13.0. The van der Waals surface area contributed by atoms with Gasteiger partial charge in [-0.15, -0.1) is 0 Å². The van der Waals surface area contributed by atoms with E-state index in [4.69, 9.17) is 0 Å². The van der Waals surface area contributed by atoms with Gasteiger partial charge in [-0.3, -0.25) is 0 Å². The minimum atomic E-state index is -1.70. The number of hydrogen-bond acceptors (Lipinski definition) is 1. The molecule has 0 aliphatic carbocycles. The second-order valence-corrected chi connectivity index (χ2v) is 11.8. The van der Waals surface area contributed by atoms with Gasteiger partial charge in [-0.1, -0.05) is 59.7 Å². The monoisotopic (exact) mass is 250 g/mol. The largest absolute Gasteiger partial charge is 0.508 e. The maximum Gasteiger partial charge on any atom is 0.114 e. The Balaban J connectivity index is 3.48. The third-order valence-electron chi connectivity index (χ3n) is 4.24. The molecule has 0 radical (unpaired) electrons. The van der Waals surface area contributed by atoms with E-state index < -0.39 is 8.07 Å². The van der Waals surface area contributed by atoms with Gasteiger partial charge < -0.3 is 5.11 Å². The standard InChI is InChI=1S/C15H26OSi/c1-11(2)17(12(3)4,13(5)6)15-10-8-7-9-14(15)16/h7-13,16H,1-6H3. The highest BCUT2D eigenvalue weighted by molar-refractivity contribution is 6.95. The molecule has 0 bridgehead atoms. The fraction of sp³-hybridized carbons (Fsp3) is 0.600. The van der Waals surface area contributed by atoms with Gasteiger partial charge in [0.1, 0.15) is 5.75 Å². The summed E-state index contributed by atoms with van der Waals surface area (Å²) in [5.41, 5.74) is 1.90. The highest BCUT2D eigenvalue weighted by atomic mass is 28.3. The highest BCUT2D eigenvalue weighted by Crippen LogP contribution is 2.42. The lowest BCUT2D eigenvalue weighted by atomic mass is 10.3. The molecule has 0 amide bonds. The summed E-state index contributed by atoms with van der Waals surface area (Å²) in [6.07, 6.45) is 0. The summed E-state index contributed by atoms with van der Waals surface area (Å²) in [6, 6.07) is 7.95. The Morgan fingerprint density at radius 1 is 0.824 bits per heavy atom. The summed E-state index contributed by atoms with van der Waals surface area (Å²) >= 11 is 0. The summed E-state index contributed by atoms with van der Waals surface area (Å²) in [5, 5.41) is 11.5. The number of benzene rings is 1. The first-order chi connectivity index (χ1) is 7.85. The van der Waals surface area contributed by atoms with Crippen LogP contribution in [0.4, 0.5) is 0 Å². The van der Waals surface area contributed by atoms with Crippen molar-refractivity contribution in [3.05, 3.63) is 24.3 Å². The molecule has 0 saturated heterocycles. The van der Waals surface area contributed by atoms with Crippen LogP contribution in [0.15, 0.2) is 24.3 Å². The van der Waals surface area contributed by atoms with Crippen LogP contribution in [-0.4, -0.2) is 13.2 Å². The van der Waals surface area contributed by atoms with Gasteiger partial charge in [0, 0.05) is 0 Å². The molecule has 96 valence electrons. The Bertz CT molecular complexity index is 347. The molecule has 1 aromatic carbocycles. The van der Waals surface area contributed by atoms with E-state index in [1.54, 1.807) is 0 Å². The summed E-state index contributed by atoms with van der Waals surface area (Å²) in [6.45, 7) is 13.9. The molecule has 0 heterocycles. The lowest BCUT2D eigenvalue weighted by Gasteiger charge is -2.43. The van der Waals surface area contributed by atoms with Crippen molar-refractivity contribution in [3.63, 3.8) is 0 Å². The lowest BCUT2D eigenvalue weighted by molar-refractivity contribution is 0.478. The number of hydrogen-bond donors (Lipinski definition) is 1. The van der Waals surface area contributed by atoms with E-state index in [-0.39, 0.29) is 0 Å². The quantitative estimate of drug-likeness (QED) is 0.791. The van der Waals surface area contributed by atoms with Crippen LogP contribution in [-0.2, 0) is 0 Å². The first kappa shape index (κ1) is 14.3. The molecule has 0 aliphatic heterocycles. The average molecular weight is 250 g/mol. The lowest BCUT2D eigenvalue weighted by Crippen LogP contribution is -2.55. The molecular formula is C15H26OSi. The van der Waals surface area contributed by atoms with Crippen LogP contribution in [0.5, 0.6) is 5.75 Å². The molecule has 1 N–H and O–H groups in total. The first-order valence-corrected chi connectivity index (χ1v) is 8.86. The van der Waals surface area contributed by atoms with Gasteiger partial charge in [0.05, 0.1) is 8.07 Å². The molecule has 1 nitrogen and oxygen atoms in total. The predicted octanol–water partition coefficient (Wildman–Crippen LogP) is 4.28. The number of phenols is 1. The normalized spacial score (nSPS) is 12.8. The van der Waals surface area contributed by atoms with E-state index in [0.717, 1.165) is 0 Å². The fourth-order valence-corrected chi connectivity index (χ4v) is 10.6. The summed E-state index contributed by atoms with van der Waals surface area (Å²) < 4.78 is 0. The van der Waals surface area contributed by atoms with Crippen molar-refractivity contribution in [2.75, 3.05) is 0 Å². The maximum atomic E-state index is 10.2. The summed E-state index contributed by atoms with van der Waals surface area (Å²) in [7, 11) is -1.70. The Kier molecular flexibility index (Phi) is 4.42. The Hall–Kier alpha value is -0.763. The van der Waals surface area contributed by atoms with Crippen LogP contribution in [0.3, 0.4) is 0 Å². The van der Waals surface area contributed by atoms with Crippen molar-refractivity contribution in [1.82, 2.24) is 0 Å². The second kappa shape index (κ2) is 5.26. The Labute approximate surface area is 107 Å². The minimum absolute atomic E-state index is 0.496. The van der Waals surface area contributed by atoms with E-state index >= 15 is 0 Å². The van der Waals surface area contributed by atoms with E-state index in [9.17, 15) is 5.11 Å². The van der Waals surface area contributed by atoms with Crippen molar-refractivity contribution in [2.24, 2.45) is 0 Å². The van der Waals surface area contributed by atoms with E-state index in [0.29, 0.717) is 22.4 Å². The highest BCUT2D eigenvalue weighted by Gasteiger charge is 2.45. The molecule has 1 aromatic rings. The van der Waals surface area contributed by atoms with Crippen LogP contribution in [0.2, 0.25) is 16.6 Å². The molecule has 0 spiro atoms. The minimum Gasteiger partial charge on any atom is -0.508 e. The predicted molar refractivity (Wildman–Crippen MR) is 78.8 cm³/mol. The van der Waals surface area contributed by atoms with E-state index in [2.05, 4.69) is 53.7 Å². The van der Waals surface area contributed by atoms with Gasteiger partial charge in [-0.2, -0.15) is 0 Å². The fourth-order valence-electron chi connectivity index (χ4n) is 3.77. The second-order valence-electron chi connectivity index (χ2n) is 5.91. The van der Waals surface area contributed by atoms with Crippen LogP contribution < -0.4 is 5.19 Å². The molecule has 0 fully saturated rings. The third-order valence-corrected chi connectivity index (χ3v) is 11.3. The maximum absolute atomic E-state index is 10.2. The van der Waals surface area contributed by atoms with Gasteiger partial charge in [0.15, 0.2) is 0 Å². The van der Waals surface area contributed by atoms with Crippen molar-refractivity contribution >= 4 is 13.3 Å². The van der Waals surface area contributed by atoms with Crippen LogP contribution in [0.1, 0.15) is 41.5 Å². The van der Waals surface area contributed by atoms with E-state index in [1.807, 2.05) is 12.1 Å². The average Bonchev–Trinajstić information content (AvgIpc) is 2.19. The van der Waals surface area contributed by atoms with Crippen LogP contribution in [0.25, 0.3) is 0 Å². The molecular weight excluding hydrogens is 224 g/mol. The van der Waals surface area contributed by atoms with Gasteiger partial charge in [-0.25, -0.2) is 0 Å². The molecule has 17 heavy (non-hydrogen) atoms. The van der Waals surface area contributed by atoms with Crippen molar-refractivity contribution in [1.29, 1.82) is 0 Å². The first-order valence-electron chi connectivity index (χ1n) is 6.63. The number of para-hydroxylation sites is 1. The number of rotatable bonds is 4. The number of phenolic OH excluding ortho intramolecular Hbond substituents is 1. The van der Waals surface area contributed by atoms with Gasteiger partial charge in [0.25, 0.3) is 0 Å². The van der Waals surface area contributed by atoms with Crippen LogP contribution in [0, 0.1) is 0 Å².